The molecule has 8 heteroatoms. The molecule has 0 fully saturated rings. The number of fused-ring (bicyclic) bond motifs is 2. The average molecular weight is 653 g/mol. The Bertz CT molecular complexity index is 2120. The van der Waals surface area contributed by atoms with E-state index in [9.17, 15) is 5.11 Å². The molecule has 0 unspecified atom stereocenters. The number of nitrogens with one attached hydrogen (secondary N) is 1. The fourth-order valence-corrected chi connectivity index (χ4v) is 6.17. The monoisotopic (exact) mass is 652 g/mol. The van der Waals surface area contributed by atoms with E-state index in [2.05, 4.69) is 45.6 Å². The Kier molecular flexibility index (Phi) is 10.5. The van der Waals surface area contributed by atoms with Gasteiger partial charge in [0.2, 0.25) is 0 Å². The van der Waals surface area contributed by atoms with Gasteiger partial charge in [0.25, 0.3) is 0 Å². The number of anilines is 3. The van der Waals surface area contributed by atoms with Crippen LogP contribution in [0.25, 0.3) is 21.8 Å². The van der Waals surface area contributed by atoms with Crippen LogP contribution < -0.4 is 20.5 Å². The minimum Gasteiger partial charge on any atom is -0.508 e. The number of para-hydroxylation sites is 1. The van der Waals surface area contributed by atoms with E-state index < -0.39 is 0 Å². The van der Waals surface area contributed by atoms with E-state index >= 15 is 0 Å². The Hall–Kier alpha value is -5.73. The third-order valence-corrected chi connectivity index (χ3v) is 8.78. The van der Waals surface area contributed by atoms with Crippen LogP contribution in [0.3, 0.4) is 0 Å². The van der Waals surface area contributed by atoms with Crippen molar-refractivity contribution in [3.8, 4) is 17.2 Å². The van der Waals surface area contributed by atoms with E-state index in [1.165, 1.54) is 5.56 Å². The lowest BCUT2D eigenvalue weighted by Gasteiger charge is -2.10. The summed E-state index contributed by atoms with van der Waals surface area (Å²) < 4.78 is 11.2. The molecule has 0 amide bonds. The van der Waals surface area contributed by atoms with Crippen LogP contribution in [0.1, 0.15) is 12.0 Å². The molecule has 0 aliphatic carbocycles. The number of methoxy groups -OCH3 is 1. The first kappa shape index (κ1) is 32.2. The van der Waals surface area contributed by atoms with Crippen LogP contribution in [0.5, 0.6) is 17.2 Å². The number of nitrogen functional groups attached to an aromatic ring is 1. The van der Waals surface area contributed by atoms with E-state index in [0.717, 1.165) is 73.0 Å². The predicted molar refractivity (Wildman–Crippen MR) is 197 cm³/mol. The number of pyridine rings is 2. The molecule has 240 valence electrons. The van der Waals surface area contributed by atoms with Gasteiger partial charge in [0, 0.05) is 68.2 Å². The standard InChI is InChI=1S/C24H22N2OS.C16H14N2O2/c25-21-10-4-5-11-24(21)28-23-14-15-26-22-17-19(12-13-20(22)23)27-16-6-9-18-7-2-1-3-8-18;1-20-13-4-2-3-11(9-13)18-15-7-8-17-16-10-12(19)5-6-14(15)16/h1-5,7-8,10-15,17H,6,9,16,25H2;2-10,19H,1H3,(H,17,18). The number of phenolic OH excluding ortho intramolecular Hbond substituents is 1. The molecule has 7 nitrogen and oxygen atoms in total. The third-order valence-electron chi connectivity index (χ3n) is 7.61. The fraction of sp³-hybridized carbons (Fsp3) is 0.100. The zero-order valence-electron chi connectivity index (χ0n) is 26.5. The van der Waals surface area contributed by atoms with Gasteiger partial charge in [-0.3, -0.25) is 9.97 Å². The molecule has 7 rings (SSSR count). The second kappa shape index (κ2) is 15.7. The topological polar surface area (TPSA) is 103 Å². The molecule has 2 heterocycles. The van der Waals surface area contributed by atoms with Gasteiger partial charge >= 0.3 is 0 Å². The van der Waals surface area contributed by atoms with E-state index in [-0.39, 0.29) is 5.75 Å². The summed E-state index contributed by atoms with van der Waals surface area (Å²) in [6, 6.07) is 41.3. The lowest BCUT2D eigenvalue weighted by Crippen LogP contribution is -1.99. The molecule has 7 aromatic rings. The van der Waals surface area contributed by atoms with Gasteiger partial charge in [-0.15, -0.1) is 0 Å². The molecule has 0 saturated carbocycles. The summed E-state index contributed by atoms with van der Waals surface area (Å²) in [5.74, 6) is 1.86. The van der Waals surface area contributed by atoms with Crippen molar-refractivity contribution in [2.75, 3.05) is 24.8 Å². The molecule has 2 aromatic heterocycles. The van der Waals surface area contributed by atoms with Gasteiger partial charge in [0.1, 0.15) is 17.2 Å². The number of phenols is 1. The summed E-state index contributed by atoms with van der Waals surface area (Å²) in [5.41, 5.74) is 11.8. The highest BCUT2D eigenvalue weighted by Gasteiger charge is 2.08. The second-order valence-corrected chi connectivity index (χ2v) is 12.1. The largest absolute Gasteiger partial charge is 0.508 e. The number of hydrogen-bond acceptors (Lipinski definition) is 8. The van der Waals surface area contributed by atoms with E-state index in [0.29, 0.717) is 6.61 Å². The van der Waals surface area contributed by atoms with E-state index in [4.69, 9.17) is 15.2 Å². The van der Waals surface area contributed by atoms with Crippen molar-refractivity contribution < 1.29 is 14.6 Å². The quantitative estimate of drug-likeness (QED) is 0.0992. The maximum atomic E-state index is 9.50. The minimum atomic E-state index is 0.212. The number of nitrogens with zero attached hydrogens (tertiary/aromatic N) is 2. The van der Waals surface area contributed by atoms with Crippen molar-refractivity contribution in [2.24, 2.45) is 0 Å². The zero-order chi connectivity index (χ0) is 33.1. The van der Waals surface area contributed by atoms with Crippen molar-refractivity contribution in [1.82, 2.24) is 9.97 Å². The van der Waals surface area contributed by atoms with Crippen LogP contribution in [0.2, 0.25) is 0 Å². The maximum Gasteiger partial charge on any atom is 0.121 e. The zero-order valence-corrected chi connectivity index (χ0v) is 27.4. The lowest BCUT2D eigenvalue weighted by molar-refractivity contribution is 0.311. The second-order valence-electron chi connectivity index (χ2n) is 11.0. The van der Waals surface area contributed by atoms with Crippen LogP contribution in [0, 0.1) is 0 Å². The average Bonchev–Trinajstić information content (AvgIpc) is 3.12. The third kappa shape index (κ3) is 8.34. The summed E-state index contributed by atoms with van der Waals surface area (Å²) >= 11 is 1.66. The van der Waals surface area contributed by atoms with Crippen LogP contribution in [0.4, 0.5) is 17.1 Å². The summed E-state index contributed by atoms with van der Waals surface area (Å²) in [4.78, 5) is 11.0. The van der Waals surface area contributed by atoms with Gasteiger partial charge in [-0.05, 0) is 79.1 Å². The van der Waals surface area contributed by atoms with Crippen molar-refractivity contribution in [2.45, 2.75) is 22.6 Å². The van der Waals surface area contributed by atoms with Gasteiger partial charge < -0.3 is 25.6 Å². The molecular formula is C40H36N4O3S. The number of nitrogens with two attached hydrogens (primary N) is 1. The minimum absolute atomic E-state index is 0.212. The highest BCUT2D eigenvalue weighted by atomic mass is 32.2. The molecule has 0 aliphatic rings. The van der Waals surface area contributed by atoms with Crippen LogP contribution in [0.15, 0.2) is 150 Å². The Morgan fingerprint density at radius 3 is 2.31 bits per heavy atom. The molecule has 0 bridgehead atoms. The van der Waals surface area contributed by atoms with Crippen molar-refractivity contribution in [1.29, 1.82) is 0 Å². The molecule has 0 aliphatic heterocycles. The molecule has 0 saturated heterocycles. The number of benzene rings is 5. The molecule has 48 heavy (non-hydrogen) atoms. The normalized spacial score (nSPS) is 10.7. The summed E-state index contributed by atoms with van der Waals surface area (Å²) in [6.45, 7) is 0.690. The van der Waals surface area contributed by atoms with Gasteiger partial charge in [0.15, 0.2) is 0 Å². The number of aryl methyl sites for hydroxylation is 1. The SMILES string of the molecule is COc1cccc(Nc2ccnc3cc(O)ccc23)c1.Nc1ccccc1Sc1ccnc2cc(OCCCc3ccccc3)ccc12. The van der Waals surface area contributed by atoms with Crippen LogP contribution >= 0.6 is 11.8 Å². The smallest absolute Gasteiger partial charge is 0.121 e. The fourth-order valence-electron chi connectivity index (χ4n) is 5.19. The van der Waals surface area contributed by atoms with E-state index in [1.54, 1.807) is 37.2 Å². The van der Waals surface area contributed by atoms with Crippen LogP contribution in [-0.2, 0) is 6.42 Å². The van der Waals surface area contributed by atoms with E-state index in [1.807, 2.05) is 91.1 Å². The Morgan fingerprint density at radius 1 is 0.708 bits per heavy atom. The van der Waals surface area contributed by atoms with Crippen LogP contribution in [-0.4, -0.2) is 28.8 Å². The van der Waals surface area contributed by atoms with Gasteiger partial charge in [0.05, 0.1) is 24.8 Å². The molecule has 0 radical (unpaired) electrons. The number of hydrogen-bond donors (Lipinski definition) is 3. The number of rotatable bonds is 10. The highest BCUT2D eigenvalue weighted by Crippen LogP contribution is 2.36. The van der Waals surface area contributed by atoms with Crippen molar-refractivity contribution in [3.05, 3.63) is 145 Å². The molecule has 0 atom stereocenters. The molecular weight excluding hydrogens is 617 g/mol. The first-order valence-corrected chi connectivity index (χ1v) is 16.4. The summed E-state index contributed by atoms with van der Waals surface area (Å²) in [6.07, 6.45) is 5.55. The summed E-state index contributed by atoms with van der Waals surface area (Å²) in [5, 5.41) is 14.9. The molecule has 4 N–H and O–H groups in total. The van der Waals surface area contributed by atoms with Crippen molar-refractivity contribution in [3.63, 3.8) is 0 Å². The first-order valence-electron chi connectivity index (χ1n) is 15.6. The van der Waals surface area contributed by atoms with Gasteiger partial charge in [-0.25, -0.2) is 0 Å². The van der Waals surface area contributed by atoms with Gasteiger partial charge in [-0.1, -0.05) is 60.3 Å². The van der Waals surface area contributed by atoms with Gasteiger partial charge in [-0.2, -0.15) is 0 Å². The summed E-state index contributed by atoms with van der Waals surface area (Å²) in [7, 11) is 1.64. The Morgan fingerprint density at radius 2 is 1.48 bits per heavy atom. The Labute approximate surface area is 284 Å². The number of aromatic hydroxyl groups is 1. The maximum absolute atomic E-state index is 9.50. The lowest BCUT2D eigenvalue weighted by atomic mass is 10.1. The predicted octanol–water partition coefficient (Wildman–Crippen LogP) is 9.67. The highest BCUT2D eigenvalue weighted by molar-refractivity contribution is 7.99. The number of aromatic nitrogens is 2. The number of ether oxygens (including phenoxy) is 2. The molecule has 5 aromatic carbocycles. The van der Waals surface area contributed by atoms with Crippen molar-refractivity contribution >= 4 is 50.6 Å². The molecule has 0 spiro atoms. The Balaban J connectivity index is 0.000000177. The first-order chi connectivity index (χ1) is 23.6.